The number of rotatable bonds is 26. The topological polar surface area (TPSA) is 620 Å². The minimum atomic E-state index is -1.90. The van der Waals surface area contributed by atoms with Crippen molar-refractivity contribution >= 4 is 134 Å². The summed E-state index contributed by atoms with van der Waals surface area (Å²) < 4.78 is 0. The first kappa shape index (κ1) is 105. The summed E-state index contributed by atoms with van der Waals surface area (Å²) in [6, 6.07) is -2.23. The Labute approximate surface area is 779 Å². The molecule has 3 aliphatic rings. The van der Waals surface area contributed by atoms with Crippen LogP contribution in [0.2, 0.25) is 0 Å². The van der Waals surface area contributed by atoms with Crippen LogP contribution < -0.4 is 64.6 Å². The number of aromatic nitrogens is 4. The molecule has 0 radical (unpaired) electrons. The summed E-state index contributed by atoms with van der Waals surface area (Å²) >= 11 is 0.777. The summed E-state index contributed by atoms with van der Waals surface area (Å²) in [6.07, 6.45) is 4.22. The molecule has 0 saturated carbocycles. The zero-order valence-electron chi connectivity index (χ0n) is 76.6. The first-order chi connectivity index (χ1) is 63.9. The zero-order chi connectivity index (χ0) is 97.7. The quantitative estimate of drug-likeness (QED) is 0.0276. The molecule has 43 heteroatoms. The fourth-order valence-electron chi connectivity index (χ4n) is 16.7. The second-order valence-corrected chi connectivity index (χ2v) is 35.7. The van der Waals surface area contributed by atoms with E-state index in [0.29, 0.717) is 70.6 Å². The van der Waals surface area contributed by atoms with Crippen molar-refractivity contribution in [3.63, 3.8) is 0 Å². The molecule has 9 rings (SSSR count). The number of aliphatic hydroxyl groups excluding tert-OH is 2. The van der Waals surface area contributed by atoms with Gasteiger partial charge in [0, 0.05) is 112 Å². The molecule has 134 heavy (non-hydrogen) atoms. The van der Waals surface area contributed by atoms with Crippen LogP contribution in [0.4, 0.5) is 0 Å². The molecule has 3 aromatic carbocycles. The number of nitrogens with one attached hydrogen (secondary N) is 13. The van der Waals surface area contributed by atoms with Crippen molar-refractivity contribution < 1.29 is 102 Å². The monoisotopic (exact) mass is 1880 g/mol. The Morgan fingerprint density at radius 2 is 1.10 bits per heavy atom. The molecular weight excluding hydrogens is 1760 g/mol. The summed E-state index contributed by atoms with van der Waals surface area (Å²) in [6.45, 7) is 6.16. The van der Waals surface area contributed by atoms with Gasteiger partial charge in [0.1, 0.15) is 90.3 Å². The number of aliphatic carboxylic acids is 1. The predicted octanol–water partition coefficient (Wildman–Crippen LogP) is -1.46. The number of carboxylic acids is 1. The van der Waals surface area contributed by atoms with Gasteiger partial charge in [0.15, 0.2) is 0 Å². The van der Waals surface area contributed by atoms with E-state index in [1.807, 2.05) is 13.8 Å². The fraction of sp³-hybridized carbons (Fsp3) is 0.538. The molecule has 6 aromatic rings. The largest absolute Gasteiger partial charge is 0.508 e. The number of H-pyrrole nitrogens is 3. The van der Waals surface area contributed by atoms with Gasteiger partial charge in [0.05, 0.1) is 43.5 Å². The number of aromatic hydroxyl groups is 1. The molecule has 3 saturated heterocycles. The number of nitrogens with zero attached hydrogens (tertiary/aromatic N) is 6. The number of hydrogen-bond acceptors (Lipinski definition) is 23. The average Bonchev–Trinajstić information content (AvgIpc) is 1.46. The Bertz CT molecular complexity index is 5130. The third kappa shape index (κ3) is 28.8. The van der Waals surface area contributed by atoms with E-state index in [-0.39, 0.29) is 101 Å². The van der Waals surface area contributed by atoms with E-state index in [9.17, 15) is 63.6 Å². The van der Waals surface area contributed by atoms with E-state index in [1.54, 1.807) is 74.8 Å². The van der Waals surface area contributed by atoms with Crippen LogP contribution in [0.25, 0.3) is 21.8 Å². The van der Waals surface area contributed by atoms with Gasteiger partial charge < -0.3 is 125 Å². The van der Waals surface area contributed by atoms with Crippen LogP contribution in [0.3, 0.4) is 0 Å². The number of phenolic OH excluding ortho intramolecular Hbond substituents is 1. The number of carboxylic acid groups (broad SMARTS) is 1. The number of carbonyl (C=O) groups is 17. The summed E-state index contributed by atoms with van der Waals surface area (Å²) in [5.41, 5.74) is 14.3. The maximum atomic E-state index is 15.7. The van der Waals surface area contributed by atoms with Gasteiger partial charge in [0.25, 0.3) is 0 Å². The van der Waals surface area contributed by atoms with Crippen molar-refractivity contribution in [1.82, 2.24) is 97.6 Å². The maximum absolute atomic E-state index is 15.7. The number of thioether (sulfide) groups is 1. The maximum Gasteiger partial charge on any atom is 0.305 e. The Hall–Kier alpha value is -13.0. The van der Waals surface area contributed by atoms with Gasteiger partial charge in [-0.25, -0.2) is 4.98 Å². The van der Waals surface area contributed by atoms with E-state index in [1.165, 1.54) is 69.8 Å². The van der Waals surface area contributed by atoms with E-state index >= 15 is 38.4 Å². The number of fused-ring (bicyclic) bond motifs is 4. The van der Waals surface area contributed by atoms with Crippen molar-refractivity contribution in [2.75, 3.05) is 65.4 Å². The third-order valence-electron chi connectivity index (χ3n) is 24.2. The second kappa shape index (κ2) is 50.2. The molecule has 3 aromatic heterocycles. The summed E-state index contributed by atoms with van der Waals surface area (Å²) in [4.78, 5) is 269. The molecule has 728 valence electrons. The number of likely N-dealkylation sites (N-methyl/N-ethyl adjacent to an activating group) is 3. The number of amides is 16. The Balaban J connectivity index is 1.10. The molecule has 0 unspecified atom stereocenters. The van der Waals surface area contributed by atoms with Crippen molar-refractivity contribution in [3.8, 4) is 5.75 Å². The number of hydrogen-bond donors (Lipinski definition) is 19. The van der Waals surface area contributed by atoms with Crippen LogP contribution in [0.1, 0.15) is 147 Å². The highest BCUT2D eigenvalue weighted by molar-refractivity contribution is 8.00. The number of benzene rings is 3. The molecular formula is C91H127N21O21S. The van der Waals surface area contributed by atoms with Gasteiger partial charge in [-0.15, -0.1) is 11.8 Å². The second-order valence-electron chi connectivity index (χ2n) is 34.7. The molecule has 0 bridgehead atoms. The van der Waals surface area contributed by atoms with E-state index < -0.39 is 235 Å². The Morgan fingerprint density at radius 3 is 1.69 bits per heavy atom. The SMILES string of the molecule is CCCC[C@H]1C(=O)N(C)[C@@H](CCCC)C(=O)N[C@@H](CCCCN)C(=O)N[C@H](C(=O)NCC(N)=O)CSCC(=O)N[C@@H](Cc2ccc(O)cc2)C(=O)N(C)[C@@H](C)C(=O)N[C@@H](CC(=O)O)C(=O)N2CCC[C@H]2C(=O)N[C@@H](Cc2c[nH]cn2)C(=O)N[C@@H](CC(C)C)C(=O)N2C[C@H](O)C[C@H]2C(=O)N[C@@H](Cc2c[nH]c3ccccc23)C(=O)N[C@@H](CO)C(=O)N[C@@H](Cc2c[nH]c3ccccc23)C(=O)N1C. The van der Waals surface area contributed by atoms with Gasteiger partial charge in [-0.1, -0.05) is 102 Å². The normalized spacial score (nSPS) is 24.9. The highest BCUT2D eigenvalue weighted by atomic mass is 32.2. The number of primary amides is 1. The lowest BCUT2D eigenvalue weighted by Gasteiger charge is -2.36. The van der Waals surface area contributed by atoms with E-state index in [4.69, 9.17) is 11.5 Å². The van der Waals surface area contributed by atoms with Crippen LogP contribution in [0.15, 0.2) is 97.7 Å². The number of aromatic amines is 3. The van der Waals surface area contributed by atoms with Gasteiger partial charge >= 0.3 is 5.97 Å². The molecule has 42 nitrogen and oxygen atoms in total. The standard InChI is InChI=1S/C91H127N21O21S/c1-9-11-25-71-84(126)100-62(24-17-18-32-92)80(122)107-70(79(121)97-44-75(93)116)47-134-48-76(117)99-66(35-52-28-30-56(114)31-29-52)87(129)108(6)51(5)78(120)103-68(40-77(118)119)89(131)111-33-19-27-72(111)85(127)102-64(38-55-43-94-49-98-55)82(124)104-65(34-50(3)4)90(132)112-45-57(115)39-74(112)86(128)101-63(36-53-41-95-60-22-15-13-20-58(53)60)81(123)106-69(46-113)83(125)105-67(37-54-42-96-61-23-16-14-21-59(54)61)88(130)110(8)73(26-12-10-2)91(133)109(71)7/h13-16,20-23,28-31,41-43,49-51,57,62-74,95-96,113-115H,9-12,17-19,24-27,32-40,44-48,92H2,1-8H3,(H2,93,116)(H,94,98)(H,97,121)(H,99,117)(H,100,126)(H,101,128)(H,102,127)(H,103,120)(H,104,124)(H,105,125)(H,106,123)(H,107,122)(H,118,119)/t51-,57+,62-,63-,64-,65-,66-,67-,68-,69-,70-,71-,72-,73-,74-/m0/s1. The molecule has 3 fully saturated rings. The van der Waals surface area contributed by atoms with E-state index in [0.717, 1.165) is 31.4 Å². The molecule has 15 atom stereocenters. The first-order valence-corrected chi connectivity index (χ1v) is 46.4. The predicted molar refractivity (Wildman–Crippen MR) is 492 cm³/mol. The number of aliphatic hydroxyl groups is 2. The van der Waals surface area contributed by atoms with Crippen LogP contribution >= 0.6 is 11.8 Å². The van der Waals surface area contributed by atoms with Gasteiger partial charge in [-0.2, -0.15) is 0 Å². The summed E-state index contributed by atoms with van der Waals surface area (Å²) in [7, 11) is 3.92. The molecule has 16 amide bonds. The number of phenols is 1. The molecule has 0 aliphatic carbocycles. The van der Waals surface area contributed by atoms with Crippen molar-refractivity contribution in [3.05, 3.63) is 120 Å². The molecule has 3 aliphatic heterocycles. The number of unbranched alkanes of at least 4 members (excludes halogenated alkanes) is 3. The summed E-state index contributed by atoms with van der Waals surface area (Å²) in [5.74, 6) is -18.1. The number of imidazole rings is 1. The van der Waals surface area contributed by atoms with Crippen molar-refractivity contribution in [2.24, 2.45) is 17.4 Å². The lowest BCUT2D eigenvalue weighted by Crippen LogP contribution is -2.62. The minimum absolute atomic E-state index is 0.00756. The number of carbonyl (C=O) groups excluding carboxylic acids is 16. The highest BCUT2D eigenvalue weighted by Crippen LogP contribution is 2.28. The summed E-state index contributed by atoms with van der Waals surface area (Å²) in [5, 5.41) is 70.9. The number of para-hydroxylation sites is 2. The minimum Gasteiger partial charge on any atom is -0.508 e. The average molecular weight is 1880 g/mol. The highest BCUT2D eigenvalue weighted by Gasteiger charge is 2.47. The first-order valence-electron chi connectivity index (χ1n) is 45.3. The van der Waals surface area contributed by atoms with E-state index in [2.05, 4.69) is 73.1 Å². The molecule has 0 spiro atoms. The van der Waals surface area contributed by atoms with Gasteiger partial charge in [0.2, 0.25) is 94.5 Å². The molecule has 6 heterocycles. The number of nitrogens with two attached hydrogens (primary N) is 2. The molecule has 21 N–H and O–H groups in total. The van der Waals surface area contributed by atoms with Crippen molar-refractivity contribution in [2.45, 2.75) is 241 Å². The van der Waals surface area contributed by atoms with Gasteiger partial charge in [-0.05, 0) is 112 Å². The smallest absolute Gasteiger partial charge is 0.305 e. The van der Waals surface area contributed by atoms with Crippen molar-refractivity contribution in [1.29, 1.82) is 0 Å². The Morgan fingerprint density at radius 1 is 0.560 bits per heavy atom. The Kier molecular flexibility index (Phi) is 39.2. The lowest BCUT2D eigenvalue weighted by molar-refractivity contribution is -0.149. The van der Waals surface area contributed by atoms with Gasteiger partial charge in [-0.3, -0.25) is 81.5 Å². The fourth-order valence-corrected chi connectivity index (χ4v) is 17.6. The van der Waals surface area contributed by atoms with Crippen LogP contribution in [0, 0.1) is 5.92 Å². The zero-order valence-corrected chi connectivity index (χ0v) is 77.4. The van der Waals surface area contributed by atoms with Crippen LogP contribution in [0.5, 0.6) is 5.75 Å². The third-order valence-corrected chi connectivity index (χ3v) is 25.3. The lowest BCUT2D eigenvalue weighted by atomic mass is 10.00. The van der Waals surface area contributed by atoms with Crippen LogP contribution in [-0.4, -0.2) is 321 Å². The van der Waals surface area contributed by atoms with Crippen LogP contribution in [-0.2, 0) is 107 Å².